The molecule has 0 aliphatic carbocycles. The summed E-state index contributed by atoms with van der Waals surface area (Å²) in [5.74, 6) is -1.04. The second-order valence-electron chi connectivity index (χ2n) is 6.12. The van der Waals surface area contributed by atoms with Crippen molar-refractivity contribution in [3.8, 4) is 0 Å². The Bertz CT molecular complexity index is 510. The van der Waals surface area contributed by atoms with Gasteiger partial charge in [0, 0.05) is 0 Å². The Hall–Kier alpha value is -1.08. The topological polar surface area (TPSA) is 36.9 Å². The van der Waals surface area contributed by atoms with E-state index in [2.05, 4.69) is 0 Å². The minimum absolute atomic E-state index is 0.112. The second kappa shape index (κ2) is 5.85. The maximum absolute atomic E-state index is 14.2. The summed E-state index contributed by atoms with van der Waals surface area (Å²) in [6, 6.07) is 9.59. The van der Waals surface area contributed by atoms with Crippen molar-refractivity contribution in [1.82, 2.24) is 0 Å². The average molecular weight is 314 g/mol. The quantitative estimate of drug-likeness (QED) is 0.837. The van der Waals surface area contributed by atoms with Gasteiger partial charge in [0.2, 0.25) is 6.36 Å². The van der Waals surface area contributed by atoms with E-state index in [1.165, 1.54) is 0 Å². The van der Waals surface area contributed by atoms with Crippen molar-refractivity contribution in [3.05, 3.63) is 35.9 Å². The molecule has 22 heavy (non-hydrogen) atoms. The third-order valence-corrected chi connectivity index (χ3v) is 3.95. The van der Waals surface area contributed by atoms with Crippen LogP contribution >= 0.6 is 0 Å². The van der Waals surface area contributed by atoms with Gasteiger partial charge >= 0.3 is 0 Å². The highest BCUT2D eigenvalue weighted by Crippen LogP contribution is 2.47. The van der Waals surface area contributed by atoms with E-state index in [9.17, 15) is 8.78 Å². The first-order chi connectivity index (χ1) is 10.5. The Kier molecular flexibility index (Phi) is 4.20. The number of halogens is 2. The van der Waals surface area contributed by atoms with Gasteiger partial charge in [-0.05, 0) is 19.4 Å². The molecule has 2 aliphatic heterocycles. The number of hydrogen-bond donors (Lipinski definition) is 0. The predicted octanol–water partition coefficient (Wildman–Crippen LogP) is 2.76. The minimum Gasteiger partial charge on any atom is -0.374 e. The van der Waals surface area contributed by atoms with Crippen LogP contribution in [-0.2, 0) is 25.6 Å². The SMILES string of the molecule is CC1(C)O[C@H]2C(COCc3ccccc3)OC(F)C2(CF)O1. The lowest BCUT2D eigenvalue weighted by atomic mass is 9.98. The molecule has 6 heteroatoms. The van der Waals surface area contributed by atoms with Crippen LogP contribution in [-0.4, -0.2) is 43.2 Å². The summed E-state index contributed by atoms with van der Waals surface area (Å²) in [6.45, 7) is 2.75. The Morgan fingerprint density at radius 3 is 2.64 bits per heavy atom. The van der Waals surface area contributed by atoms with Gasteiger partial charge in [-0.2, -0.15) is 0 Å². The first kappa shape index (κ1) is 15.8. The molecule has 4 nitrogen and oxygen atoms in total. The fraction of sp³-hybridized carbons (Fsp3) is 0.625. The molecule has 0 spiro atoms. The van der Waals surface area contributed by atoms with Gasteiger partial charge in [0.15, 0.2) is 11.4 Å². The molecule has 2 fully saturated rings. The van der Waals surface area contributed by atoms with Gasteiger partial charge in [-0.15, -0.1) is 0 Å². The monoisotopic (exact) mass is 314 g/mol. The van der Waals surface area contributed by atoms with Crippen LogP contribution in [0.1, 0.15) is 19.4 Å². The summed E-state index contributed by atoms with van der Waals surface area (Å²) in [7, 11) is 0. The Labute approximate surface area is 128 Å². The van der Waals surface area contributed by atoms with E-state index in [-0.39, 0.29) is 6.61 Å². The lowest BCUT2D eigenvalue weighted by Gasteiger charge is -2.25. The molecule has 3 unspecified atom stereocenters. The molecule has 0 saturated carbocycles. The molecule has 122 valence electrons. The van der Waals surface area contributed by atoms with Crippen LogP contribution in [0.4, 0.5) is 8.78 Å². The van der Waals surface area contributed by atoms with Crippen LogP contribution < -0.4 is 0 Å². The summed E-state index contributed by atoms with van der Waals surface area (Å²) in [6.07, 6.45) is -3.39. The van der Waals surface area contributed by atoms with Gasteiger partial charge in [0.05, 0.1) is 13.2 Å². The standard InChI is InChI=1S/C16H20F2O4/c1-15(2)21-13-12(20-14(18)16(13,10-17)22-15)9-19-8-11-6-4-3-5-7-11/h3-7,12-14H,8-10H2,1-2H3/t12?,13-,14?,16?/m0/s1. The van der Waals surface area contributed by atoms with Gasteiger partial charge in [-0.25, -0.2) is 8.78 Å². The Morgan fingerprint density at radius 2 is 1.95 bits per heavy atom. The lowest BCUT2D eigenvalue weighted by molar-refractivity contribution is -0.233. The third-order valence-electron chi connectivity index (χ3n) is 3.95. The average Bonchev–Trinajstić information content (AvgIpc) is 2.91. The molecule has 2 heterocycles. The number of benzene rings is 1. The molecule has 0 aromatic heterocycles. The van der Waals surface area contributed by atoms with Crippen LogP contribution in [0.25, 0.3) is 0 Å². The molecule has 1 aromatic rings. The second-order valence-corrected chi connectivity index (χ2v) is 6.12. The van der Waals surface area contributed by atoms with E-state index in [1.807, 2.05) is 30.3 Å². The minimum atomic E-state index is -1.87. The van der Waals surface area contributed by atoms with Crippen molar-refractivity contribution in [3.63, 3.8) is 0 Å². The zero-order valence-electron chi connectivity index (χ0n) is 12.6. The van der Waals surface area contributed by atoms with E-state index < -0.39 is 36.6 Å². The molecule has 4 atom stereocenters. The van der Waals surface area contributed by atoms with Crippen molar-refractivity contribution in [2.45, 2.75) is 50.4 Å². The van der Waals surface area contributed by atoms with Crippen LogP contribution in [0.3, 0.4) is 0 Å². The maximum atomic E-state index is 14.2. The van der Waals surface area contributed by atoms with E-state index >= 15 is 0 Å². The third kappa shape index (κ3) is 2.76. The number of alkyl halides is 2. The zero-order valence-corrected chi connectivity index (χ0v) is 12.6. The van der Waals surface area contributed by atoms with Crippen molar-refractivity contribution in [2.24, 2.45) is 0 Å². The molecular weight excluding hydrogens is 294 g/mol. The van der Waals surface area contributed by atoms with Gasteiger partial charge in [0.1, 0.15) is 18.9 Å². The fourth-order valence-electron chi connectivity index (χ4n) is 3.01. The van der Waals surface area contributed by atoms with Gasteiger partial charge < -0.3 is 18.9 Å². The first-order valence-corrected chi connectivity index (χ1v) is 7.32. The highest BCUT2D eigenvalue weighted by Gasteiger charge is 2.67. The molecule has 0 bridgehead atoms. The molecular formula is C16H20F2O4. The van der Waals surface area contributed by atoms with E-state index in [4.69, 9.17) is 18.9 Å². The normalized spacial score (nSPS) is 36.5. The number of hydrogen-bond acceptors (Lipinski definition) is 4. The highest BCUT2D eigenvalue weighted by molar-refractivity contribution is 5.13. The van der Waals surface area contributed by atoms with Gasteiger partial charge in [-0.1, -0.05) is 30.3 Å². The molecule has 2 saturated heterocycles. The fourth-order valence-corrected chi connectivity index (χ4v) is 3.01. The molecule has 0 amide bonds. The van der Waals surface area contributed by atoms with Crippen LogP contribution in [0.5, 0.6) is 0 Å². The molecule has 3 rings (SSSR count). The van der Waals surface area contributed by atoms with E-state index in [1.54, 1.807) is 13.8 Å². The van der Waals surface area contributed by atoms with Crippen LogP contribution in [0, 0.1) is 0 Å². The molecule has 1 aromatic carbocycles. The van der Waals surface area contributed by atoms with E-state index in [0.29, 0.717) is 6.61 Å². The molecule has 0 radical (unpaired) electrons. The summed E-state index contributed by atoms with van der Waals surface area (Å²) < 4.78 is 49.4. The van der Waals surface area contributed by atoms with Gasteiger partial charge in [0.25, 0.3) is 0 Å². The number of ether oxygens (including phenoxy) is 4. The zero-order chi connectivity index (χ0) is 15.8. The van der Waals surface area contributed by atoms with Crippen molar-refractivity contribution >= 4 is 0 Å². The Balaban J connectivity index is 1.63. The first-order valence-electron chi connectivity index (χ1n) is 7.32. The van der Waals surface area contributed by atoms with Crippen molar-refractivity contribution in [2.75, 3.05) is 13.3 Å². The number of fused-ring (bicyclic) bond motifs is 1. The van der Waals surface area contributed by atoms with Crippen molar-refractivity contribution < 1.29 is 27.7 Å². The summed E-state index contributed by atoms with van der Waals surface area (Å²) in [4.78, 5) is 0. The summed E-state index contributed by atoms with van der Waals surface area (Å²) in [5.41, 5.74) is -0.692. The smallest absolute Gasteiger partial charge is 0.234 e. The summed E-state index contributed by atoms with van der Waals surface area (Å²) >= 11 is 0. The lowest BCUT2D eigenvalue weighted by Crippen LogP contribution is -2.47. The van der Waals surface area contributed by atoms with E-state index in [0.717, 1.165) is 5.56 Å². The van der Waals surface area contributed by atoms with Gasteiger partial charge in [-0.3, -0.25) is 0 Å². The maximum Gasteiger partial charge on any atom is 0.234 e. The molecule has 2 aliphatic rings. The predicted molar refractivity (Wildman–Crippen MR) is 74.6 cm³/mol. The highest BCUT2D eigenvalue weighted by atomic mass is 19.2. The largest absolute Gasteiger partial charge is 0.374 e. The Morgan fingerprint density at radius 1 is 1.23 bits per heavy atom. The van der Waals surface area contributed by atoms with Crippen molar-refractivity contribution in [1.29, 1.82) is 0 Å². The van der Waals surface area contributed by atoms with Crippen LogP contribution in [0.15, 0.2) is 30.3 Å². The van der Waals surface area contributed by atoms with Crippen LogP contribution in [0.2, 0.25) is 0 Å². The molecule has 0 N–H and O–H groups in total. The summed E-state index contributed by atoms with van der Waals surface area (Å²) in [5, 5.41) is 0. The number of rotatable bonds is 5.